The number of carbonyl (C=O) groups excluding carboxylic acids is 2. The van der Waals surface area contributed by atoms with Crippen molar-refractivity contribution in [3.8, 4) is 0 Å². The molecule has 1 aliphatic heterocycles. The first kappa shape index (κ1) is 19.4. The summed E-state index contributed by atoms with van der Waals surface area (Å²) < 4.78 is 23.4. The minimum absolute atomic E-state index is 0.0575. The van der Waals surface area contributed by atoms with Gasteiger partial charge in [0, 0.05) is 13.0 Å². The van der Waals surface area contributed by atoms with Gasteiger partial charge in [-0.25, -0.2) is 13.5 Å². The molecule has 1 atom stereocenters. The molecule has 0 radical (unpaired) electrons. The van der Waals surface area contributed by atoms with Gasteiger partial charge in [0.1, 0.15) is 11.9 Å². The maximum Gasteiger partial charge on any atom is 0.249 e. The number of amides is 2. The van der Waals surface area contributed by atoms with Crippen molar-refractivity contribution in [1.29, 1.82) is 0 Å². The molecular formula is C17H24N2O5S. The lowest BCUT2D eigenvalue weighted by molar-refractivity contribution is -0.232. The molecule has 1 aromatic rings. The van der Waals surface area contributed by atoms with E-state index in [0.717, 1.165) is 10.6 Å². The van der Waals surface area contributed by atoms with Crippen LogP contribution in [0.5, 0.6) is 0 Å². The van der Waals surface area contributed by atoms with Gasteiger partial charge < -0.3 is 4.90 Å². The molecule has 0 aliphatic carbocycles. The van der Waals surface area contributed by atoms with E-state index in [2.05, 4.69) is 0 Å². The highest BCUT2D eigenvalue weighted by molar-refractivity contribution is 7.91. The molecule has 1 aromatic carbocycles. The molecule has 1 aliphatic rings. The van der Waals surface area contributed by atoms with E-state index in [0.29, 0.717) is 6.41 Å². The molecule has 0 spiro atoms. The van der Waals surface area contributed by atoms with E-state index in [9.17, 15) is 18.0 Å². The molecule has 7 nitrogen and oxygen atoms in total. The Morgan fingerprint density at radius 1 is 1.32 bits per heavy atom. The van der Waals surface area contributed by atoms with E-state index in [1.165, 1.54) is 4.90 Å². The maximum absolute atomic E-state index is 12.9. The van der Waals surface area contributed by atoms with Gasteiger partial charge in [-0.3, -0.25) is 14.4 Å². The first-order valence-electron chi connectivity index (χ1n) is 8.07. The monoisotopic (exact) mass is 368 g/mol. The van der Waals surface area contributed by atoms with Gasteiger partial charge in [-0.1, -0.05) is 30.3 Å². The van der Waals surface area contributed by atoms with Gasteiger partial charge in [-0.05, 0) is 26.3 Å². The highest BCUT2D eigenvalue weighted by Crippen LogP contribution is 2.19. The lowest BCUT2D eigenvalue weighted by atomic mass is 10.0. The summed E-state index contributed by atoms with van der Waals surface area (Å²) >= 11 is 0. The van der Waals surface area contributed by atoms with Crippen molar-refractivity contribution in [2.24, 2.45) is 0 Å². The second kappa shape index (κ2) is 7.53. The van der Waals surface area contributed by atoms with Crippen molar-refractivity contribution in [2.75, 3.05) is 18.2 Å². The molecule has 25 heavy (non-hydrogen) atoms. The molecule has 1 saturated heterocycles. The zero-order valence-electron chi connectivity index (χ0n) is 14.7. The number of carbonyl (C=O) groups is 2. The number of benzene rings is 1. The Hall–Kier alpha value is -1.93. The zero-order chi connectivity index (χ0) is 18.7. The van der Waals surface area contributed by atoms with Crippen molar-refractivity contribution in [2.45, 2.75) is 38.8 Å². The van der Waals surface area contributed by atoms with Crippen LogP contribution in [0.1, 0.15) is 26.3 Å². The number of hydrogen-bond donors (Lipinski definition) is 0. The van der Waals surface area contributed by atoms with Crippen LogP contribution < -0.4 is 0 Å². The molecule has 0 bridgehead atoms. The van der Waals surface area contributed by atoms with Gasteiger partial charge in [-0.15, -0.1) is 0 Å². The zero-order valence-corrected chi connectivity index (χ0v) is 15.5. The first-order chi connectivity index (χ1) is 11.6. The Morgan fingerprint density at radius 3 is 2.44 bits per heavy atom. The summed E-state index contributed by atoms with van der Waals surface area (Å²) in [6.07, 6.45) is 0.715. The summed E-state index contributed by atoms with van der Waals surface area (Å²) in [5.74, 6) is -0.807. The molecule has 1 fully saturated rings. The van der Waals surface area contributed by atoms with Crippen molar-refractivity contribution in [3.05, 3.63) is 35.9 Å². The minimum atomic E-state index is -3.26. The third-order valence-corrected chi connectivity index (χ3v) is 5.19. The van der Waals surface area contributed by atoms with Crippen LogP contribution in [0.3, 0.4) is 0 Å². The summed E-state index contributed by atoms with van der Waals surface area (Å²) in [4.78, 5) is 31.4. The molecule has 0 saturated carbocycles. The quantitative estimate of drug-likeness (QED) is 0.552. The molecule has 0 aromatic heterocycles. The number of sulfone groups is 1. The summed E-state index contributed by atoms with van der Waals surface area (Å²) in [6.45, 7) is 5.45. The Labute approximate surface area is 148 Å². The Balaban J connectivity index is 2.27. The average Bonchev–Trinajstić information content (AvgIpc) is 2.90. The Morgan fingerprint density at radius 2 is 1.96 bits per heavy atom. The third-order valence-electron chi connectivity index (χ3n) is 3.68. The summed E-state index contributed by atoms with van der Waals surface area (Å²) in [5.41, 5.74) is 0.181. The molecule has 1 heterocycles. The van der Waals surface area contributed by atoms with Crippen LogP contribution in [0.4, 0.5) is 0 Å². The molecule has 8 heteroatoms. The standard InChI is InChI=1S/C17H24N2O5S/c1-17(2,3)24-19(12-20)15(11-14-7-5-4-6-8-14)16(21)18-9-10-25(22,23)13-18/h4-8,12,15H,9-11,13H2,1-3H3/t15-/m0/s1. The second-order valence-corrected chi connectivity index (χ2v) is 9.21. The van der Waals surface area contributed by atoms with Crippen LogP contribution in [0, 0.1) is 0 Å². The highest BCUT2D eigenvalue weighted by Gasteiger charge is 2.37. The fraction of sp³-hybridized carbons (Fsp3) is 0.529. The van der Waals surface area contributed by atoms with Gasteiger partial charge in [0.15, 0.2) is 9.84 Å². The fourth-order valence-corrected chi connectivity index (χ4v) is 3.96. The average molecular weight is 368 g/mol. The number of rotatable bonds is 6. The van der Waals surface area contributed by atoms with E-state index in [1.807, 2.05) is 30.3 Å². The first-order valence-corrected chi connectivity index (χ1v) is 9.89. The van der Waals surface area contributed by atoms with Crippen LogP contribution in [-0.2, 0) is 30.7 Å². The smallest absolute Gasteiger partial charge is 0.249 e. The van der Waals surface area contributed by atoms with Crippen molar-refractivity contribution in [3.63, 3.8) is 0 Å². The van der Waals surface area contributed by atoms with Crippen LogP contribution in [-0.4, -0.2) is 60.5 Å². The topological polar surface area (TPSA) is 84.0 Å². The molecular weight excluding hydrogens is 344 g/mol. The third kappa shape index (κ3) is 5.54. The van der Waals surface area contributed by atoms with Crippen LogP contribution in [0.2, 0.25) is 0 Å². The van der Waals surface area contributed by atoms with E-state index in [4.69, 9.17) is 4.84 Å². The summed E-state index contributed by atoms with van der Waals surface area (Å²) in [6, 6.07) is 8.31. The normalized spacial score (nSPS) is 18.0. The second-order valence-electron chi connectivity index (χ2n) is 7.05. The Kier molecular flexibility index (Phi) is 5.84. The van der Waals surface area contributed by atoms with Crippen molar-refractivity contribution >= 4 is 22.2 Å². The lowest BCUT2D eigenvalue weighted by Crippen LogP contribution is -2.51. The lowest BCUT2D eigenvalue weighted by Gasteiger charge is -2.33. The highest BCUT2D eigenvalue weighted by atomic mass is 32.2. The number of hydroxylamine groups is 2. The van der Waals surface area contributed by atoms with Crippen molar-refractivity contribution in [1.82, 2.24) is 9.96 Å². The number of hydrogen-bond acceptors (Lipinski definition) is 5. The molecule has 0 N–H and O–H groups in total. The van der Waals surface area contributed by atoms with E-state index < -0.39 is 27.4 Å². The summed E-state index contributed by atoms with van der Waals surface area (Å²) in [7, 11) is -3.26. The largest absolute Gasteiger partial charge is 0.325 e. The van der Waals surface area contributed by atoms with E-state index >= 15 is 0 Å². The van der Waals surface area contributed by atoms with Gasteiger partial charge >= 0.3 is 0 Å². The van der Waals surface area contributed by atoms with Crippen LogP contribution >= 0.6 is 0 Å². The van der Waals surface area contributed by atoms with Crippen LogP contribution in [0.25, 0.3) is 0 Å². The summed E-state index contributed by atoms with van der Waals surface area (Å²) in [5, 5.41) is 1.00. The molecule has 0 unspecified atom stereocenters. The predicted molar refractivity (Wildman–Crippen MR) is 93.0 cm³/mol. The van der Waals surface area contributed by atoms with Crippen LogP contribution in [0.15, 0.2) is 30.3 Å². The molecule has 2 rings (SSSR count). The SMILES string of the molecule is CC(C)(C)ON(C=O)[C@@H](Cc1ccccc1)C(=O)N1CCS(=O)(=O)C1. The molecule has 138 valence electrons. The fourth-order valence-electron chi connectivity index (χ4n) is 2.60. The number of nitrogens with zero attached hydrogens (tertiary/aromatic N) is 2. The van der Waals surface area contributed by atoms with Gasteiger partial charge in [-0.2, -0.15) is 0 Å². The minimum Gasteiger partial charge on any atom is -0.325 e. The van der Waals surface area contributed by atoms with Gasteiger partial charge in [0.25, 0.3) is 0 Å². The van der Waals surface area contributed by atoms with E-state index in [-0.39, 0.29) is 24.6 Å². The molecule has 2 amide bonds. The van der Waals surface area contributed by atoms with Gasteiger partial charge in [0.2, 0.25) is 12.3 Å². The maximum atomic E-state index is 12.9. The van der Waals surface area contributed by atoms with Crippen molar-refractivity contribution < 1.29 is 22.8 Å². The Bertz CT molecular complexity index is 712. The predicted octanol–water partition coefficient (Wildman–Crippen LogP) is 1.00. The van der Waals surface area contributed by atoms with Gasteiger partial charge in [0.05, 0.1) is 11.4 Å². The van der Waals surface area contributed by atoms with E-state index in [1.54, 1.807) is 20.8 Å².